The number of rotatable bonds is 22. The van der Waals surface area contributed by atoms with E-state index in [1.54, 1.807) is 0 Å². The number of hydrogen-bond donors (Lipinski definition) is 0. The molecule has 0 spiro atoms. The lowest BCUT2D eigenvalue weighted by Gasteiger charge is -2.07. The van der Waals surface area contributed by atoms with Gasteiger partial charge >= 0.3 is 11.9 Å². The normalized spacial score (nSPS) is 10.9. The summed E-state index contributed by atoms with van der Waals surface area (Å²) in [4.78, 5) is 23.6. The fourth-order valence-corrected chi connectivity index (χ4v) is 4.21. The Hall–Kier alpha value is -1.55. The molecule has 0 heterocycles. The molecule has 0 aliphatic heterocycles. The molecule has 0 saturated heterocycles. The number of ether oxygens (including phenoxy) is 2. The van der Waals surface area contributed by atoms with Crippen LogP contribution in [0.1, 0.15) is 122 Å². The van der Waals surface area contributed by atoms with Gasteiger partial charge in [-0.15, -0.1) is 0 Å². The van der Waals surface area contributed by atoms with E-state index >= 15 is 0 Å². The van der Waals surface area contributed by atoms with E-state index in [-0.39, 0.29) is 31.4 Å². The van der Waals surface area contributed by atoms with Crippen LogP contribution in [-0.2, 0) is 25.5 Å². The first kappa shape index (κ1) is 30.5. The van der Waals surface area contributed by atoms with Crippen LogP contribution in [0.2, 0.25) is 5.02 Å². The summed E-state index contributed by atoms with van der Waals surface area (Å²) in [6.07, 6.45) is 20.3. The van der Waals surface area contributed by atoms with Gasteiger partial charge in [0.25, 0.3) is 0 Å². The standard InChI is InChI=1S/C29H47ClO4/c1-2-3-4-5-6-7-8-9-10-11-12-13-14-15-18-24-33-28(31)21-22-29(32)34-25-23-26-19-16-17-20-27(26)30/h16-17,19-20H,2-15,18,21-25H2,1H3. The van der Waals surface area contributed by atoms with Crippen LogP contribution in [0.3, 0.4) is 0 Å². The topological polar surface area (TPSA) is 52.6 Å². The van der Waals surface area contributed by atoms with Crippen LogP contribution >= 0.6 is 11.6 Å². The van der Waals surface area contributed by atoms with Crippen molar-refractivity contribution in [2.24, 2.45) is 0 Å². The van der Waals surface area contributed by atoms with E-state index in [0.717, 1.165) is 18.4 Å². The van der Waals surface area contributed by atoms with Crippen molar-refractivity contribution in [3.8, 4) is 0 Å². The fraction of sp³-hybridized carbons (Fsp3) is 0.724. The second kappa shape index (κ2) is 21.9. The van der Waals surface area contributed by atoms with Crippen molar-refractivity contribution < 1.29 is 19.1 Å². The summed E-state index contributed by atoms with van der Waals surface area (Å²) in [6.45, 7) is 2.97. The molecule has 1 aromatic carbocycles. The number of benzene rings is 1. The summed E-state index contributed by atoms with van der Waals surface area (Å²) in [5.41, 5.74) is 0.944. The van der Waals surface area contributed by atoms with Crippen LogP contribution in [0.4, 0.5) is 0 Å². The smallest absolute Gasteiger partial charge is 0.306 e. The third kappa shape index (κ3) is 17.9. The van der Waals surface area contributed by atoms with Crippen LogP contribution < -0.4 is 0 Å². The van der Waals surface area contributed by atoms with Crippen molar-refractivity contribution >= 4 is 23.5 Å². The van der Waals surface area contributed by atoms with Gasteiger partial charge in [-0.1, -0.05) is 127 Å². The summed E-state index contributed by atoms with van der Waals surface area (Å²) < 4.78 is 10.4. The first-order valence-corrected chi connectivity index (χ1v) is 14.1. The second-order valence-electron chi connectivity index (χ2n) is 9.23. The lowest BCUT2D eigenvalue weighted by atomic mass is 10.0. The third-order valence-electron chi connectivity index (χ3n) is 6.14. The molecular weight excluding hydrogens is 448 g/mol. The highest BCUT2D eigenvalue weighted by atomic mass is 35.5. The molecule has 0 atom stereocenters. The molecule has 0 amide bonds. The van der Waals surface area contributed by atoms with Crippen LogP contribution in [0, 0.1) is 0 Å². The van der Waals surface area contributed by atoms with Gasteiger partial charge in [0.2, 0.25) is 0 Å². The van der Waals surface area contributed by atoms with Gasteiger partial charge in [0, 0.05) is 11.4 Å². The van der Waals surface area contributed by atoms with Crippen molar-refractivity contribution in [2.75, 3.05) is 13.2 Å². The molecule has 1 aromatic rings. The molecule has 0 saturated carbocycles. The van der Waals surface area contributed by atoms with Crippen molar-refractivity contribution in [3.05, 3.63) is 34.9 Å². The zero-order valence-electron chi connectivity index (χ0n) is 21.5. The molecule has 0 fully saturated rings. The number of hydrogen-bond acceptors (Lipinski definition) is 4. The largest absolute Gasteiger partial charge is 0.466 e. The van der Waals surface area contributed by atoms with Crippen molar-refractivity contribution in [3.63, 3.8) is 0 Å². The molecule has 0 aromatic heterocycles. The number of carbonyl (C=O) groups excluding carboxylic acids is 2. The Morgan fingerprint density at radius 3 is 1.59 bits per heavy atom. The molecular formula is C29H47ClO4. The molecule has 0 radical (unpaired) electrons. The SMILES string of the molecule is CCCCCCCCCCCCCCCCCOC(=O)CCC(=O)OCCc1ccccc1Cl. The van der Waals surface area contributed by atoms with Gasteiger partial charge in [-0.05, 0) is 18.1 Å². The fourth-order valence-electron chi connectivity index (χ4n) is 3.98. The first-order chi connectivity index (χ1) is 16.6. The molecule has 1 rings (SSSR count). The van der Waals surface area contributed by atoms with Gasteiger partial charge in [-0.3, -0.25) is 9.59 Å². The average molecular weight is 495 g/mol. The van der Waals surface area contributed by atoms with E-state index in [1.165, 1.54) is 83.5 Å². The maximum atomic E-state index is 11.8. The van der Waals surface area contributed by atoms with Gasteiger partial charge in [0.15, 0.2) is 0 Å². The van der Waals surface area contributed by atoms with E-state index in [0.29, 0.717) is 18.1 Å². The monoisotopic (exact) mass is 494 g/mol. The Morgan fingerprint density at radius 1 is 0.647 bits per heavy atom. The predicted octanol–water partition coefficient (Wildman–Crippen LogP) is 8.62. The summed E-state index contributed by atoms with van der Waals surface area (Å²) in [7, 11) is 0. The minimum Gasteiger partial charge on any atom is -0.466 e. The second-order valence-corrected chi connectivity index (χ2v) is 9.64. The molecule has 0 aliphatic rings. The maximum absolute atomic E-state index is 11.8. The van der Waals surface area contributed by atoms with Crippen LogP contribution in [0.25, 0.3) is 0 Å². The lowest BCUT2D eigenvalue weighted by molar-refractivity contribution is -0.150. The van der Waals surface area contributed by atoms with Crippen molar-refractivity contribution in [2.45, 2.75) is 122 Å². The summed E-state index contributed by atoms with van der Waals surface area (Å²) in [5, 5.41) is 0.668. The van der Waals surface area contributed by atoms with E-state index in [2.05, 4.69) is 6.92 Å². The number of esters is 2. The van der Waals surface area contributed by atoms with E-state index < -0.39 is 0 Å². The molecule has 0 bridgehead atoms. The molecule has 34 heavy (non-hydrogen) atoms. The Bertz CT molecular complexity index is 647. The highest BCUT2D eigenvalue weighted by Gasteiger charge is 2.09. The average Bonchev–Trinajstić information content (AvgIpc) is 2.83. The Labute approximate surface area is 213 Å². The Morgan fingerprint density at radius 2 is 1.09 bits per heavy atom. The van der Waals surface area contributed by atoms with Gasteiger partial charge in [0.1, 0.15) is 0 Å². The third-order valence-corrected chi connectivity index (χ3v) is 6.51. The summed E-state index contributed by atoms with van der Waals surface area (Å²) in [5.74, 6) is -0.704. The predicted molar refractivity (Wildman–Crippen MR) is 141 cm³/mol. The minimum atomic E-state index is -0.379. The van der Waals surface area contributed by atoms with Crippen molar-refractivity contribution in [1.29, 1.82) is 0 Å². The van der Waals surface area contributed by atoms with Crippen LogP contribution in [0.5, 0.6) is 0 Å². The first-order valence-electron chi connectivity index (χ1n) is 13.7. The minimum absolute atomic E-state index is 0.0558. The zero-order chi connectivity index (χ0) is 24.7. The quantitative estimate of drug-likeness (QED) is 0.119. The molecule has 0 unspecified atom stereocenters. The van der Waals surface area contributed by atoms with Crippen molar-refractivity contribution in [1.82, 2.24) is 0 Å². The summed E-state index contributed by atoms with van der Waals surface area (Å²) in [6, 6.07) is 7.49. The van der Waals surface area contributed by atoms with Gasteiger partial charge in [-0.2, -0.15) is 0 Å². The molecule has 5 heteroatoms. The van der Waals surface area contributed by atoms with Gasteiger partial charge in [0.05, 0.1) is 26.1 Å². The lowest BCUT2D eigenvalue weighted by Crippen LogP contribution is -2.12. The van der Waals surface area contributed by atoms with Crippen LogP contribution in [0.15, 0.2) is 24.3 Å². The van der Waals surface area contributed by atoms with E-state index in [4.69, 9.17) is 21.1 Å². The van der Waals surface area contributed by atoms with E-state index in [1.807, 2.05) is 24.3 Å². The Kier molecular flexibility index (Phi) is 19.7. The number of carbonyl (C=O) groups is 2. The Balaban J connectivity index is 1.83. The summed E-state index contributed by atoms with van der Waals surface area (Å²) >= 11 is 6.08. The molecule has 4 nitrogen and oxygen atoms in total. The molecule has 0 N–H and O–H groups in total. The maximum Gasteiger partial charge on any atom is 0.306 e. The zero-order valence-corrected chi connectivity index (χ0v) is 22.2. The van der Waals surface area contributed by atoms with Gasteiger partial charge < -0.3 is 9.47 Å². The molecule has 194 valence electrons. The van der Waals surface area contributed by atoms with E-state index in [9.17, 15) is 9.59 Å². The number of halogens is 1. The van der Waals surface area contributed by atoms with Gasteiger partial charge in [-0.25, -0.2) is 0 Å². The highest BCUT2D eigenvalue weighted by molar-refractivity contribution is 6.31. The van der Waals surface area contributed by atoms with Crippen LogP contribution in [-0.4, -0.2) is 25.2 Å². The highest BCUT2D eigenvalue weighted by Crippen LogP contribution is 2.16. The number of unbranched alkanes of at least 4 members (excludes halogenated alkanes) is 14. The molecule has 0 aliphatic carbocycles.